The first-order valence-corrected chi connectivity index (χ1v) is 5.95. The van der Waals surface area contributed by atoms with Crippen LogP contribution in [0, 0.1) is 6.92 Å². The second-order valence-corrected chi connectivity index (χ2v) is 4.33. The van der Waals surface area contributed by atoms with Crippen molar-refractivity contribution in [3.05, 3.63) is 52.1 Å². The van der Waals surface area contributed by atoms with Gasteiger partial charge in [0.25, 0.3) is 11.5 Å². The molecule has 0 atom stereocenters. The summed E-state index contributed by atoms with van der Waals surface area (Å²) < 4.78 is 0. The third-order valence-corrected chi connectivity index (χ3v) is 2.98. The first kappa shape index (κ1) is 12.1. The lowest BCUT2D eigenvalue weighted by Gasteiger charge is -2.05. The lowest BCUT2D eigenvalue weighted by atomic mass is 10.1. The van der Waals surface area contributed by atoms with Crippen molar-refractivity contribution in [2.75, 3.05) is 5.32 Å². The number of benzene rings is 1. The Balaban J connectivity index is 2.06. The second-order valence-electron chi connectivity index (χ2n) is 4.33. The number of nitrogens with zero attached hydrogens (tertiary/aromatic N) is 2. The van der Waals surface area contributed by atoms with Gasteiger partial charge in [-0.2, -0.15) is 10.2 Å². The average molecular weight is 269 g/mol. The van der Waals surface area contributed by atoms with E-state index in [1.54, 1.807) is 30.5 Å². The van der Waals surface area contributed by atoms with Crippen LogP contribution in [-0.2, 0) is 0 Å². The molecule has 20 heavy (non-hydrogen) atoms. The number of carbonyl (C=O) groups excluding carboxylic acids is 1. The minimum absolute atomic E-state index is 0.161. The number of anilines is 1. The van der Waals surface area contributed by atoms with Crippen LogP contribution in [0.5, 0.6) is 0 Å². The maximum Gasteiger partial charge on any atom is 0.277 e. The van der Waals surface area contributed by atoms with Gasteiger partial charge in [0, 0.05) is 10.9 Å². The Morgan fingerprint density at radius 3 is 2.65 bits per heavy atom. The molecule has 1 aromatic carbocycles. The van der Waals surface area contributed by atoms with Gasteiger partial charge in [-0.25, -0.2) is 5.10 Å². The quantitative estimate of drug-likeness (QED) is 0.650. The first-order chi connectivity index (χ1) is 9.66. The molecule has 3 rings (SSSR count). The zero-order chi connectivity index (χ0) is 14.1. The van der Waals surface area contributed by atoms with Crippen molar-refractivity contribution in [2.24, 2.45) is 0 Å². The number of rotatable bonds is 2. The number of carbonyl (C=O) groups is 1. The summed E-state index contributed by atoms with van der Waals surface area (Å²) in [5.41, 5.74) is 0.649. The molecule has 0 aliphatic heterocycles. The molecule has 100 valence electrons. The summed E-state index contributed by atoms with van der Waals surface area (Å²) in [6, 6.07) is 6.82. The molecule has 0 aliphatic carbocycles. The lowest BCUT2D eigenvalue weighted by molar-refractivity contribution is 0.102. The van der Waals surface area contributed by atoms with Gasteiger partial charge >= 0.3 is 0 Å². The summed E-state index contributed by atoms with van der Waals surface area (Å²) in [6.07, 6.45) is 1.61. The molecule has 7 nitrogen and oxygen atoms in total. The number of aromatic nitrogens is 4. The maximum atomic E-state index is 12.2. The van der Waals surface area contributed by atoms with E-state index >= 15 is 0 Å². The number of H-pyrrole nitrogens is 2. The van der Waals surface area contributed by atoms with E-state index in [1.807, 2.05) is 6.92 Å². The zero-order valence-corrected chi connectivity index (χ0v) is 10.6. The minimum Gasteiger partial charge on any atom is -0.305 e. The predicted octanol–water partition coefficient (Wildman–Crippen LogP) is 1.21. The molecule has 3 aromatic rings. The highest BCUT2D eigenvalue weighted by molar-refractivity contribution is 6.10. The lowest BCUT2D eigenvalue weighted by Crippen LogP contribution is -2.19. The van der Waals surface area contributed by atoms with E-state index in [0.29, 0.717) is 16.6 Å². The largest absolute Gasteiger partial charge is 0.305 e. The van der Waals surface area contributed by atoms with Crippen LogP contribution in [0.1, 0.15) is 16.1 Å². The standard InChI is InChI=1S/C13H11N5O2/c1-7-6-14-17-11(7)15-13(20)10-8-4-2-3-5-9(8)12(19)18-16-10/h2-6H,1H3,(H,18,19)(H2,14,15,17,20). The van der Waals surface area contributed by atoms with Crippen molar-refractivity contribution in [3.8, 4) is 0 Å². The SMILES string of the molecule is Cc1cn[nH]c1NC(=O)c1n[nH]c(=O)c2ccccc12. The third-order valence-electron chi connectivity index (χ3n) is 2.98. The third kappa shape index (κ3) is 1.95. The number of nitrogens with one attached hydrogen (secondary N) is 3. The van der Waals surface area contributed by atoms with Crippen LogP contribution in [0.4, 0.5) is 5.82 Å². The summed E-state index contributed by atoms with van der Waals surface area (Å²) >= 11 is 0. The van der Waals surface area contributed by atoms with Gasteiger partial charge in [-0.05, 0) is 13.0 Å². The smallest absolute Gasteiger partial charge is 0.277 e. The molecule has 0 spiro atoms. The fourth-order valence-corrected chi connectivity index (χ4v) is 1.93. The normalized spacial score (nSPS) is 10.7. The van der Waals surface area contributed by atoms with Crippen molar-refractivity contribution in [1.29, 1.82) is 0 Å². The number of fused-ring (bicyclic) bond motifs is 1. The molecule has 2 aromatic heterocycles. The minimum atomic E-state index is -0.412. The Morgan fingerprint density at radius 2 is 1.95 bits per heavy atom. The molecular formula is C13H11N5O2. The van der Waals surface area contributed by atoms with Gasteiger partial charge in [-0.3, -0.25) is 14.7 Å². The van der Waals surface area contributed by atoms with Gasteiger partial charge < -0.3 is 5.32 Å². The Kier molecular flexibility index (Phi) is 2.79. The highest BCUT2D eigenvalue weighted by Crippen LogP contribution is 2.15. The summed E-state index contributed by atoms with van der Waals surface area (Å²) in [6.45, 7) is 1.82. The van der Waals surface area contributed by atoms with Gasteiger partial charge in [-0.15, -0.1) is 0 Å². The number of hydrogen-bond donors (Lipinski definition) is 3. The van der Waals surface area contributed by atoms with Crippen LogP contribution in [0.3, 0.4) is 0 Å². The number of aromatic amines is 2. The summed E-state index contributed by atoms with van der Waals surface area (Å²) in [4.78, 5) is 23.9. The molecular weight excluding hydrogens is 258 g/mol. The van der Waals surface area contributed by atoms with Crippen molar-refractivity contribution in [1.82, 2.24) is 20.4 Å². The Labute approximate surface area is 113 Å². The molecule has 0 aliphatic rings. The fraction of sp³-hybridized carbons (Fsp3) is 0.0769. The fourth-order valence-electron chi connectivity index (χ4n) is 1.93. The van der Waals surface area contributed by atoms with E-state index in [4.69, 9.17) is 0 Å². The van der Waals surface area contributed by atoms with Gasteiger partial charge in [0.1, 0.15) is 5.82 Å². The Morgan fingerprint density at radius 1 is 1.20 bits per heavy atom. The van der Waals surface area contributed by atoms with E-state index in [2.05, 4.69) is 25.7 Å². The van der Waals surface area contributed by atoms with E-state index in [-0.39, 0.29) is 11.3 Å². The molecule has 0 saturated heterocycles. The zero-order valence-electron chi connectivity index (χ0n) is 10.6. The van der Waals surface area contributed by atoms with E-state index in [9.17, 15) is 9.59 Å². The van der Waals surface area contributed by atoms with Crippen LogP contribution in [0.25, 0.3) is 10.8 Å². The molecule has 0 unspecified atom stereocenters. The molecule has 0 fully saturated rings. The number of aryl methyl sites for hydroxylation is 1. The van der Waals surface area contributed by atoms with Gasteiger partial charge in [0.05, 0.1) is 11.6 Å². The molecule has 3 N–H and O–H groups in total. The first-order valence-electron chi connectivity index (χ1n) is 5.95. The number of hydrogen-bond acceptors (Lipinski definition) is 4. The van der Waals surface area contributed by atoms with Crippen molar-refractivity contribution >= 4 is 22.5 Å². The van der Waals surface area contributed by atoms with Crippen LogP contribution < -0.4 is 10.9 Å². The Bertz CT molecular complexity index is 849. The van der Waals surface area contributed by atoms with Crippen molar-refractivity contribution in [2.45, 2.75) is 6.92 Å². The van der Waals surface area contributed by atoms with Crippen LogP contribution in [0.15, 0.2) is 35.3 Å². The summed E-state index contributed by atoms with van der Waals surface area (Å²) in [5, 5.41) is 16.3. The molecule has 0 radical (unpaired) electrons. The maximum absolute atomic E-state index is 12.2. The monoisotopic (exact) mass is 269 g/mol. The van der Waals surface area contributed by atoms with Crippen molar-refractivity contribution < 1.29 is 4.79 Å². The van der Waals surface area contributed by atoms with Crippen LogP contribution in [0.2, 0.25) is 0 Å². The predicted molar refractivity (Wildman–Crippen MR) is 73.6 cm³/mol. The number of amides is 1. The van der Waals surface area contributed by atoms with Gasteiger partial charge in [-0.1, -0.05) is 18.2 Å². The molecule has 0 saturated carbocycles. The van der Waals surface area contributed by atoms with Crippen LogP contribution >= 0.6 is 0 Å². The van der Waals surface area contributed by atoms with E-state index in [1.165, 1.54) is 0 Å². The van der Waals surface area contributed by atoms with E-state index in [0.717, 1.165) is 5.56 Å². The van der Waals surface area contributed by atoms with Crippen LogP contribution in [-0.4, -0.2) is 26.3 Å². The van der Waals surface area contributed by atoms with Gasteiger partial charge in [0.2, 0.25) is 0 Å². The Hall–Kier alpha value is -2.96. The summed E-state index contributed by atoms with van der Waals surface area (Å²) in [5.74, 6) is 0.0943. The summed E-state index contributed by atoms with van der Waals surface area (Å²) in [7, 11) is 0. The second kappa shape index (κ2) is 4.61. The van der Waals surface area contributed by atoms with E-state index < -0.39 is 5.91 Å². The molecule has 2 heterocycles. The van der Waals surface area contributed by atoms with Crippen molar-refractivity contribution in [3.63, 3.8) is 0 Å². The highest BCUT2D eigenvalue weighted by Gasteiger charge is 2.15. The molecule has 0 bridgehead atoms. The van der Waals surface area contributed by atoms with Gasteiger partial charge in [0.15, 0.2) is 5.69 Å². The topological polar surface area (TPSA) is 104 Å². The average Bonchev–Trinajstić information content (AvgIpc) is 2.85. The highest BCUT2D eigenvalue weighted by atomic mass is 16.2. The molecule has 7 heteroatoms. The molecule has 1 amide bonds.